The summed E-state index contributed by atoms with van der Waals surface area (Å²) >= 11 is 0. The van der Waals surface area contributed by atoms with Crippen molar-refractivity contribution in [2.75, 3.05) is 0 Å². The van der Waals surface area contributed by atoms with Crippen molar-refractivity contribution in [3.8, 4) is 0 Å². The highest BCUT2D eigenvalue weighted by Crippen LogP contribution is 2.34. The molecular formula is C17H36O. The van der Waals surface area contributed by atoms with Crippen LogP contribution < -0.4 is 0 Å². The number of hydrogen-bond donors (Lipinski definition) is 1. The smallest absolute Gasteiger partial charge is 0.0563 e. The fraction of sp³-hybridized carbons (Fsp3) is 1.00. The summed E-state index contributed by atoms with van der Waals surface area (Å²) in [6.45, 7) is 13.3. The van der Waals surface area contributed by atoms with Crippen LogP contribution in [0.2, 0.25) is 0 Å². The van der Waals surface area contributed by atoms with Gasteiger partial charge in [0.25, 0.3) is 0 Å². The lowest BCUT2D eigenvalue weighted by atomic mass is 9.77. The molecule has 1 heteroatoms. The van der Waals surface area contributed by atoms with Gasteiger partial charge in [-0.15, -0.1) is 0 Å². The van der Waals surface area contributed by atoms with E-state index in [1.807, 2.05) is 6.92 Å². The van der Waals surface area contributed by atoms with Gasteiger partial charge in [-0.3, -0.25) is 0 Å². The predicted octanol–water partition coefficient (Wildman–Crippen LogP) is 5.56. The van der Waals surface area contributed by atoms with Gasteiger partial charge in [-0.2, -0.15) is 0 Å². The SMILES string of the molecule is CCCCCCC(C)(C)CCCC(C)(C)[C@H](C)O. The molecule has 1 atom stereocenters. The molecule has 110 valence electrons. The van der Waals surface area contributed by atoms with Crippen LogP contribution in [-0.4, -0.2) is 11.2 Å². The van der Waals surface area contributed by atoms with Crippen LogP contribution in [0, 0.1) is 10.8 Å². The molecule has 0 aromatic carbocycles. The highest BCUT2D eigenvalue weighted by Gasteiger charge is 2.25. The van der Waals surface area contributed by atoms with Crippen LogP contribution in [0.25, 0.3) is 0 Å². The molecular weight excluding hydrogens is 220 g/mol. The Kier molecular flexibility index (Phi) is 8.18. The quantitative estimate of drug-likeness (QED) is 0.507. The van der Waals surface area contributed by atoms with Crippen LogP contribution in [0.1, 0.15) is 92.9 Å². The summed E-state index contributed by atoms with van der Waals surface area (Å²) < 4.78 is 0. The summed E-state index contributed by atoms with van der Waals surface area (Å²) in [4.78, 5) is 0. The molecule has 0 rings (SSSR count). The zero-order valence-electron chi connectivity index (χ0n) is 13.7. The topological polar surface area (TPSA) is 20.2 Å². The molecule has 18 heavy (non-hydrogen) atoms. The molecule has 0 aromatic heterocycles. The lowest BCUT2D eigenvalue weighted by Gasteiger charge is -2.31. The van der Waals surface area contributed by atoms with Gasteiger partial charge in [0.2, 0.25) is 0 Å². The summed E-state index contributed by atoms with van der Waals surface area (Å²) in [5, 5.41) is 9.71. The second kappa shape index (κ2) is 8.19. The van der Waals surface area contributed by atoms with Crippen LogP contribution in [0.15, 0.2) is 0 Å². The molecule has 0 spiro atoms. The van der Waals surface area contributed by atoms with Gasteiger partial charge in [-0.1, -0.05) is 66.7 Å². The Morgan fingerprint density at radius 2 is 1.39 bits per heavy atom. The van der Waals surface area contributed by atoms with Crippen LogP contribution in [-0.2, 0) is 0 Å². The Bertz CT molecular complexity index is 204. The molecule has 0 aliphatic carbocycles. The third-order valence-electron chi connectivity index (χ3n) is 4.51. The summed E-state index contributed by atoms with van der Waals surface area (Å²) in [7, 11) is 0. The van der Waals surface area contributed by atoms with E-state index in [0.29, 0.717) is 5.41 Å². The molecule has 0 radical (unpaired) electrons. The number of aliphatic hydroxyl groups is 1. The van der Waals surface area contributed by atoms with Gasteiger partial charge in [0.1, 0.15) is 0 Å². The fourth-order valence-corrected chi connectivity index (χ4v) is 2.39. The van der Waals surface area contributed by atoms with Crippen molar-refractivity contribution < 1.29 is 5.11 Å². The molecule has 1 N–H and O–H groups in total. The van der Waals surface area contributed by atoms with Crippen LogP contribution >= 0.6 is 0 Å². The molecule has 0 aliphatic rings. The number of aliphatic hydroxyl groups excluding tert-OH is 1. The van der Waals surface area contributed by atoms with Gasteiger partial charge in [0.05, 0.1) is 6.10 Å². The Labute approximate surface area is 115 Å². The Morgan fingerprint density at radius 1 is 0.833 bits per heavy atom. The van der Waals surface area contributed by atoms with E-state index in [0.717, 1.165) is 6.42 Å². The standard InChI is InChI=1S/C17H36O/c1-7-8-9-10-12-16(3,4)13-11-14-17(5,6)15(2)18/h15,18H,7-14H2,1-6H3/t15-/m0/s1. The normalized spacial score (nSPS) is 14.8. The maximum absolute atomic E-state index is 9.71. The monoisotopic (exact) mass is 256 g/mol. The van der Waals surface area contributed by atoms with Gasteiger partial charge in [-0.05, 0) is 37.0 Å². The first-order chi connectivity index (χ1) is 8.21. The lowest BCUT2D eigenvalue weighted by molar-refractivity contribution is 0.0551. The van der Waals surface area contributed by atoms with E-state index in [9.17, 15) is 5.11 Å². The van der Waals surface area contributed by atoms with Gasteiger partial charge >= 0.3 is 0 Å². The molecule has 0 saturated carbocycles. The van der Waals surface area contributed by atoms with E-state index in [1.54, 1.807) is 0 Å². The Balaban J connectivity index is 3.82. The van der Waals surface area contributed by atoms with Gasteiger partial charge in [0, 0.05) is 0 Å². The summed E-state index contributed by atoms with van der Waals surface area (Å²) in [5.41, 5.74) is 0.542. The molecule has 0 aliphatic heterocycles. The van der Waals surface area contributed by atoms with Crippen molar-refractivity contribution in [3.05, 3.63) is 0 Å². The third-order valence-corrected chi connectivity index (χ3v) is 4.51. The lowest BCUT2D eigenvalue weighted by Crippen LogP contribution is -2.26. The minimum Gasteiger partial charge on any atom is -0.393 e. The minimum atomic E-state index is -0.204. The fourth-order valence-electron chi connectivity index (χ4n) is 2.39. The molecule has 0 fully saturated rings. The van der Waals surface area contributed by atoms with E-state index in [-0.39, 0.29) is 11.5 Å². The van der Waals surface area contributed by atoms with Crippen molar-refractivity contribution in [1.82, 2.24) is 0 Å². The molecule has 0 bridgehead atoms. The number of hydrogen-bond acceptors (Lipinski definition) is 1. The van der Waals surface area contributed by atoms with E-state index in [2.05, 4.69) is 34.6 Å². The van der Waals surface area contributed by atoms with Gasteiger partial charge < -0.3 is 5.11 Å². The zero-order valence-corrected chi connectivity index (χ0v) is 13.7. The maximum Gasteiger partial charge on any atom is 0.0563 e. The number of rotatable bonds is 10. The van der Waals surface area contributed by atoms with E-state index < -0.39 is 0 Å². The van der Waals surface area contributed by atoms with Crippen LogP contribution in [0.4, 0.5) is 0 Å². The highest BCUT2D eigenvalue weighted by molar-refractivity contribution is 4.76. The maximum atomic E-state index is 9.71. The second-order valence-corrected chi connectivity index (χ2v) is 7.49. The van der Waals surface area contributed by atoms with Crippen LogP contribution in [0.5, 0.6) is 0 Å². The van der Waals surface area contributed by atoms with E-state index in [4.69, 9.17) is 0 Å². The van der Waals surface area contributed by atoms with Crippen molar-refractivity contribution in [1.29, 1.82) is 0 Å². The molecule has 0 unspecified atom stereocenters. The van der Waals surface area contributed by atoms with Gasteiger partial charge in [-0.25, -0.2) is 0 Å². The van der Waals surface area contributed by atoms with Crippen molar-refractivity contribution in [2.45, 2.75) is 99.0 Å². The van der Waals surface area contributed by atoms with Gasteiger partial charge in [0.15, 0.2) is 0 Å². The second-order valence-electron chi connectivity index (χ2n) is 7.49. The predicted molar refractivity (Wildman–Crippen MR) is 81.9 cm³/mol. The first kappa shape index (κ1) is 18.0. The summed E-state index contributed by atoms with van der Waals surface area (Å²) in [5.74, 6) is 0. The molecule has 1 nitrogen and oxygen atoms in total. The highest BCUT2D eigenvalue weighted by atomic mass is 16.3. The first-order valence-corrected chi connectivity index (χ1v) is 7.89. The van der Waals surface area contributed by atoms with E-state index in [1.165, 1.54) is 44.9 Å². The molecule has 0 saturated heterocycles. The molecule has 0 heterocycles. The first-order valence-electron chi connectivity index (χ1n) is 7.89. The summed E-state index contributed by atoms with van der Waals surface area (Å²) in [6, 6.07) is 0. The molecule has 0 amide bonds. The van der Waals surface area contributed by atoms with Crippen molar-refractivity contribution >= 4 is 0 Å². The summed E-state index contributed by atoms with van der Waals surface area (Å²) in [6.07, 6.45) is 10.3. The van der Waals surface area contributed by atoms with E-state index >= 15 is 0 Å². The Morgan fingerprint density at radius 3 is 1.89 bits per heavy atom. The minimum absolute atomic E-state index is 0.0677. The average Bonchev–Trinajstić information content (AvgIpc) is 2.23. The molecule has 0 aromatic rings. The van der Waals surface area contributed by atoms with Crippen LogP contribution in [0.3, 0.4) is 0 Å². The third kappa shape index (κ3) is 8.13. The largest absolute Gasteiger partial charge is 0.393 e. The zero-order chi connectivity index (χ0) is 14.2. The average molecular weight is 256 g/mol. The van der Waals surface area contributed by atoms with Crippen molar-refractivity contribution in [3.63, 3.8) is 0 Å². The van der Waals surface area contributed by atoms with Crippen molar-refractivity contribution in [2.24, 2.45) is 10.8 Å². The number of unbranched alkanes of at least 4 members (excludes halogenated alkanes) is 3. The Hall–Kier alpha value is -0.0400.